The fourth-order valence-electron chi connectivity index (χ4n) is 2.89. The summed E-state index contributed by atoms with van der Waals surface area (Å²) in [6.45, 7) is 0.293. The molecule has 7 nitrogen and oxygen atoms in total. The first kappa shape index (κ1) is 17.6. The van der Waals surface area contributed by atoms with Crippen molar-refractivity contribution in [3.8, 4) is 5.75 Å². The molecule has 1 aromatic carbocycles. The van der Waals surface area contributed by atoms with Crippen LogP contribution in [-0.2, 0) is 29.4 Å². The molecule has 0 fully saturated rings. The van der Waals surface area contributed by atoms with Gasteiger partial charge in [0.2, 0.25) is 10.0 Å². The maximum absolute atomic E-state index is 12.3. The van der Waals surface area contributed by atoms with Crippen molar-refractivity contribution in [1.82, 2.24) is 14.5 Å². The number of hydrogen-bond donors (Lipinski definition) is 1. The molecule has 0 spiro atoms. The van der Waals surface area contributed by atoms with Gasteiger partial charge in [0.25, 0.3) is 5.56 Å². The molecule has 25 heavy (non-hydrogen) atoms. The molecular formula is C17H21N3O4S. The van der Waals surface area contributed by atoms with E-state index in [1.165, 1.54) is 23.9 Å². The minimum Gasteiger partial charge on any atom is -0.497 e. The lowest BCUT2D eigenvalue weighted by molar-refractivity contribution is 0.414. The molecule has 8 heteroatoms. The van der Waals surface area contributed by atoms with Gasteiger partial charge in [-0.3, -0.25) is 4.79 Å². The molecule has 1 N–H and O–H groups in total. The Kier molecular flexibility index (Phi) is 5.19. The van der Waals surface area contributed by atoms with Gasteiger partial charge in [-0.05, 0) is 55.5 Å². The zero-order valence-corrected chi connectivity index (χ0v) is 14.9. The quantitative estimate of drug-likeness (QED) is 0.830. The summed E-state index contributed by atoms with van der Waals surface area (Å²) in [6.07, 6.45) is 3.91. The molecule has 1 heterocycles. The lowest BCUT2D eigenvalue weighted by Gasteiger charge is -2.16. The SMILES string of the molecule is COc1ccc(S(=O)(=O)NCCn2nc3c(cc2=O)CCCC3)cc1. The van der Waals surface area contributed by atoms with Gasteiger partial charge in [-0.1, -0.05) is 0 Å². The van der Waals surface area contributed by atoms with Gasteiger partial charge in [0.1, 0.15) is 5.75 Å². The summed E-state index contributed by atoms with van der Waals surface area (Å²) in [6, 6.07) is 7.75. The van der Waals surface area contributed by atoms with Crippen LogP contribution < -0.4 is 15.0 Å². The van der Waals surface area contributed by atoms with E-state index in [9.17, 15) is 13.2 Å². The molecule has 0 radical (unpaired) electrons. The van der Waals surface area contributed by atoms with Crippen LogP contribution in [0, 0.1) is 0 Å². The van der Waals surface area contributed by atoms with E-state index >= 15 is 0 Å². The molecule has 1 aliphatic rings. The van der Waals surface area contributed by atoms with Gasteiger partial charge in [-0.2, -0.15) is 5.10 Å². The number of ether oxygens (including phenoxy) is 1. The molecule has 0 aliphatic heterocycles. The maximum Gasteiger partial charge on any atom is 0.267 e. The Labute approximate surface area is 146 Å². The lowest BCUT2D eigenvalue weighted by atomic mass is 9.97. The molecule has 1 aromatic heterocycles. The van der Waals surface area contributed by atoms with Crippen molar-refractivity contribution in [1.29, 1.82) is 0 Å². The van der Waals surface area contributed by atoms with E-state index in [0.29, 0.717) is 5.75 Å². The minimum atomic E-state index is -3.63. The number of benzene rings is 1. The van der Waals surface area contributed by atoms with E-state index in [1.807, 2.05) is 0 Å². The van der Waals surface area contributed by atoms with Crippen LogP contribution >= 0.6 is 0 Å². The van der Waals surface area contributed by atoms with Crippen LogP contribution in [0.25, 0.3) is 0 Å². The summed E-state index contributed by atoms with van der Waals surface area (Å²) in [5, 5.41) is 4.38. The van der Waals surface area contributed by atoms with Crippen molar-refractivity contribution in [2.75, 3.05) is 13.7 Å². The van der Waals surface area contributed by atoms with Crippen LogP contribution in [0.1, 0.15) is 24.1 Å². The first-order valence-corrected chi connectivity index (χ1v) is 9.71. The van der Waals surface area contributed by atoms with Crippen LogP contribution in [0.15, 0.2) is 40.0 Å². The molecule has 134 valence electrons. The Bertz CT molecular complexity index is 904. The van der Waals surface area contributed by atoms with Crippen molar-refractivity contribution in [3.63, 3.8) is 0 Å². The number of fused-ring (bicyclic) bond motifs is 1. The molecule has 0 saturated carbocycles. The summed E-state index contributed by atoms with van der Waals surface area (Å²) >= 11 is 0. The van der Waals surface area contributed by atoms with E-state index in [-0.39, 0.29) is 23.5 Å². The Morgan fingerprint density at radius 3 is 2.64 bits per heavy atom. The average molecular weight is 363 g/mol. The minimum absolute atomic E-state index is 0.0973. The number of hydrogen-bond acceptors (Lipinski definition) is 5. The van der Waals surface area contributed by atoms with Gasteiger partial charge in [0.05, 0.1) is 24.2 Å². The molecule has 1 aliphatic carbocycles. The van der Waals surface area contributed by atoms with Gasteiger partial charge in [0, 0.05) is 12.6 Å². The summed E-state index contributed by atoms with van der Waals surface area (Å²) < 4.78 is 33.4. The van der Waals surface area contributed by atoms with E-state index in [4.69, 9.17) is 4.74 Å². The number of nitrogens with one attached hydrogen (secondary N) is 1. The number of methoxy groups -OCH3 is 1. The number of rotatable bonds is 6. The van der Waals surface area contributed by atoms with E-state index in [0.717, 1.165) is 36.9 Å². The molecule has 2 aromatic rings. The second kappa shape index (κ2) is 7.37. The predicted molar refractivity (Wildman–Crippen MR) is 93.3 cm³/mol. The summed E-state index contributed by atoms with van der Waals surface area (Å²) in [4.78, 5) is 12.2. The zero-order chi connectivity index (χ0) is 17.9. The Hall–Kier alpha value is -2.19. The van der Waals surface area contributed by atoms with Crippen LogP contribution in [0.4, 0.5) is 0 Å². The molecular weight excluding hydrogens is 342 g/mol. The van der Waals surface area contributed by atoms with Gasteiger partial charge in [-0.15, -0.1) is 0 Å². The summed E-state index contributed by atoms with van der Waals surface area (Å²) in [5.74, 6) is 0.587. The number of aromatic nitrogens is 2. The van der Waals surface area contributed by atoms with Gasteiger partial charge >= 0.3 is 0 Å². The topological polar surface area (TPSA) is 90.3 Å². The van der Waals surface area contributed by atoms with Crippen molar-refractivity contribution >= 4 is 10.0 Å². The average Bonchev–Trinajstić information content (AvgIpc) is 2.62. The van der Waals surface area contributed by atoms with E-state index in [2.05, 4.69) is 9.82 Å². The molecule has 0 bridgehead atoms. The first-order valence-electron chi connectivity index (χ1n) is 8.23. The van der Waals surface area contributed by atoms with Crippen molar-refractivity contribution in [2.45, 2.75) is 37.1 Å². The highest BCUT2D eigenvalue weighted by atomic mass is 32.2. The largest absolute Gasteiger partial charge is 0.497 e. The van der Waals surface area contributed by atoms with E-state index in [1.54, 1.807) is 18.2 Å². The number of nitrogens with zero attached hydrogens (tertiary/aromatic N) is 2. The van der Waals surface area contributed by atoms with Crippen LogP contribution in [0.3, 0.4) is 0 Å². The van der Waals surface area contributed by atoms with Crippen molar-refractivity contribution in [2.24, 2.45) is 0 Å². The monoisotopic (exact) mass is 363 g/mol. The lowest BCUT2D eigenvalue weighted by Crippen LogP contribution is -2.33. The highest BCUT2D eigenvalue weighted by Gasteiger charge is 2.15. The Balaban J connectivity index is 1.66. The third-order valence-corrected chi connectivity index (χ3v) is 5.74. The molecule has 0 unspecified atom stereocenters. The fraction of sp³-hybridized carbons (Fsp3) is 0.412. The fourth-order valence-corrected chi connectivity index (χ4v) is 3.91. The standard InChI is InChI=1S/C17H21N3O4S/c1-24-14-6-8-15(9-7-14)25(22,23)18-10-11-20-17(21)12-13-4-2-3-5-16(13)19-20/h6-9,12,18H,2-5,10-11H2,1H3. The molecule has 0 amide bonds. The summed E-state index contributed by atoms with van der Waals surface area (Å²) in [7, 11) is -2.12. The molecule has 0 atom stereocenters. The number of aryl methyl sites for hydroxylation is 2. The second-order valence-electron chi connectivity index (χ2n) is 5.96. The van der Waals surface area contributed by atoms with Crippen molar-refractivity contribution in [3.05, 3.63) is 51.9 Å². The number of sulfonamides is 1. The Morgan fingerprint density at radius 2 is 1.92 bits per heavy atom. The highest BCUT2D eigenvalue weighted by Crippen LogP contribution is 2.17. The third kappa shape index (κ3) is 4.08. The van der Waals surface area contributed by atoms with Crippen LogP contribution in [0.2, 0.25) is 0 Å². The van der Waals surface area contributed by atoms with Crippen LogP contribution in [-0.4, -0.2) is 31.9 Å². The summed E-state index contributed by atoms with van der Waals surface area (Å²) in [5.41, 5.74) is 1.78. The molecule has 0 saturated heterocycles. The maximum atomic E-state index is 12.3. The smallest absolute Gasteiger partial charge is 0.267 e. The predicted octanol–water partition coefficient (Wildman–Crippen LogP) is 1.11. The van der Waals surface area contributed by atoms with Gasteiger partial charge in [0.15, 0.2) is 0 Å². The first-order chi connectivity index (χ1) is 12.0. The normalized spacial score (nSPS) is 14.1. The zero-order valence-electron chi connectivity index (χ0n) is 14.1. The van der Waals surface area contributed by atoms with Gasteiger partial charge < -0.3 is 4.74 Å². The van der Waals surface area contributed by atoms with Crippen LogP contribution in [0.5, 0.6) is 5.75 Å². The highest BCUT2D eigenvalue weighted by molar-refractivity contribution is 7.89. The Morgan fingerprint density at radius 1 is 1.20 bits per heavy atom. The van der Waals surface area contributed by atoms with Crippen molar-refractivity contribution < 1.29 is 13.2 Å². The van der Waals surface area contributed by atoms with Gasteiger partial charge in [-0.25, -0.2) is 17.8 Å². The van der Waals surface area contributed by atoms with E-state index < -0.39 is 10.0 Å². The second-order valence-corrected chi connectivity index (χ2v) is 7.73. The third-order valence-electron chi connectivity index (χ3n) is 4.26. The molecule has 3 rings (SSSR count).